The minimum absolute atomic E-state index is 0.0350. The van der Waals surface area contributed by atoms with Crippen molar-refractivity contribution < 1.29 is 49.9 Å². The van der Waals surface area contributed by atoms with Crippen molar-refractivity contribution in [1.29, 1.82) is 0 Å². The topological polar surface area (TPSA) is 447 Å². The van der Waals surface area contributed by atoms with Crippen LogP contribution in [-0.2, 0) is 31.5 Å². The number of Topliss-reactive ketones (excluding diaryl/α,β-unsaturated/α-hetero) is 2. The number of nitrogens with one attached hydrogen (secondary N) is 12. The summed E-state index contributed by atoms with van der Waals surface area (Å²) in [5, 5.41) is 51.8. The Morgan fingerprint density at radius 1 is 0.364 bits per heavy atom. The molecule has 140 heavy (non-hydrogen) atoms. The van der Waals surface area contributed by atoms with Gasteiger partial charge in [-0.1, -0.05) is 55.2 Å². The maximum Gasteiger partial charge on any atom is 0.421 e. The number of hydrogen-bond donors (Lipinski definition) is 14. The lowest BCUT2D eigenvalue weighted by Crippen LogP contribution is -2.40. The van der Waals surface area contributed by atoms with Crippen LogP contribution in [0.1, 0.15) is 197 Å². The summed E-state index contributed by atoms with van der Waals surface area (Å²) in [7, 11) is 0. The summed E-state index contributed by atoms with van der Waals surface area (Å²) >= 11 is 12.5. The van der Waals surface area contributed by atoms with Gasteiger partial charge in [0.15, 0.2) is 34.9 Å². The van der Waals surface area contributed by atoms with Crippen LogP contribution in [0.25, 0.3) is 0 Å². The fraction of sp³-hybridized carbons (Fsp3) is 0.423. The predicted octanol–water partition coefficient (Wildman–Crippen LogP) is 19.3. The van der Waals surface area contributed by atoms with E-state index in [4.69, 9.17) is 34.7 Å². The van der Waals surface area contributed by atoms with Gasteiger partial charge in [-0.3, -0.25) is 59.2 Å². The van der Waals surface area contributed by atoms with E-state index in [-0.39, 0.29) is 82.8 Å². The first-order valence-electron chi connectivity index (χ1n) is 46.4. The SMILES string of the molecule is CCC(=O)CN1CCC(c2cc(C)c(Nc3ncc(C(F)(F)F)c(Nc4cc(C)[nH]n4)n3)cc2C)CC1.CCC(=O)CN1CCC(c2cc(F)c(Nc3ncc(Cl)c(Nc4cc(C)[nH]n4)n3)cc2C)CC1.Cc1cc(Nc2nc(Nc3cc(C)c(C4CCCN(CC(N)=O)C4)cc3C)ncc2Cl)n[nH]1.Cc1cc(Nc2nc(Nc3cc(C)c(C4CCN(CC(N)=O)CC4)cc3C)ncc2C(F)(F)F)n[nH]1. The van der Waals surface area contributed by atoms with Crippen LogP contribution in [0.5, 0.6) is 0 Å². The Morgan fingerprint density at radius 2 is 0.657 bits per heavy atom. The summed E-state index contributed by atoms with van der Waals surface area (Å²) in [4.78, 5) is 88.1. The molecule has 16 N–H and O–H groups in total. The maximum atomic E-state index is 15.1. The number of amides is 2. The van der Waals surface area contributed by atoms with Gasteiger partial charge in [-0.05, 0) is 289 Å². The molecule has 744 valence electrons. The van der Waals surface area contributed by atoms with E-state index < -0.39 is 23.5 Å². The quantitative estimate of drug-likeness (QED) is 0.0186. The number of H-pyrrole nitrogens is 4. The number of aromatic amines is 4. The van der Waals surface area contributed by atoms with Gasteiger partial charge in [-0.2, -0.15) is 66.7 Å². The van der Waals surface area contributed by atoms with Gasteiger partial charge in [0.1, 0.15) is 50.2 Å². The highest BCUT2D eigenvalue weighted by molar-refractivity contribution is 6.33. The van der Waals surface area contributed by atoms with Crippen LogP contribution < -0.4 is 54.0 Å². The zero-order valence-electron chi connectivity index (χ0n) is 80.4. The molecule has 12 heterocycles. The number of aryl methyl sites for hydroxylation is 11. The minimum atomic E-state index is -4.63. The standard InChI is InChI=1S/C26H32F3N7O.C24H29ClFN7O.C24H29F3N8O.C23H29ClN8O/c1-5-19(37)14-36-8-6-18(7-9-36)20-10-16(3)22(11-15(20)2)31-25-30-13-21(26(27,28)29)24(33-25)32-23-12-17(4)34-35-23;1-4-17(34)13-33-7-5-16(6-8-33)18-11-20(26)21(9-14(18)2)28-24-27-12-19(25)23(30-24)29-22-10-15(3)31-32-22;1-13-9-19(14(2)8-17(13)16-4-6-35(7-5-16)12-20(28)36)30-23-29-11-18(24(25,26)27)22(32-23)31-21-10-15(3)33-34-21;1-13-8-19(14(2)7-17(13)16-5-4-6-32(11-16)12-20(25)33)27-23-26-10-18(24)22(29-23)28-21-9-15(3)30-31-21/h10-13,18H,5-9,14H2,1-4H3,(H3,30,31,32,33,34,35);9-12,16H,4-8,13H2,1-3H3,(H3,27,28,29,30,31,32);8-11,16H,4-7,12H2,1-3H3,(H2,28,36)(H3,29,30,31,32,33,34);7-10,16H,4-6,11-12H2,1-3H3,(H2,25,33)(H3,26,27,28,29,30,31). The number of likely N-dealkylation sites (tertiary alicyclic amines) is 4. The summed E-state index contributed by atoms with van der Waals surface area (Å²) in [6, 6.07) is 22.8. The Morgan fingerprint density at radius 3 is 0.979 bits per heavy atom. The molecule has 4 aromatic carbocycles. The third-order valence-electron chi connectivity index (χ3n) is 25.0. The van der Waals surface area contributed by atoms with Crippen LogP contribution in [0.3, 0.4) is 0 Å². The Hall–Kier alpha value is -13.4. The number of carbonyl (C=O) groups excluding carboxylic acids is 4. The number of carbonyl (C=O) groups is 4. The van der Waals surface area contributed by atoms with E-state index in [1.54, 1.807) is 44.3 Å². The number of aromatic nitrogens is 16. The first-order chi connectivity index (χ1) is 66.6. The first-order valence-corrected chi connectivity index (χ1v) is 47.2. The van der Waals surface area contributed by atoms with E-state index in [0.717, 1.165) is 178 Å². The van der Waals surface area contributed by atoms with E-state index in [0.29, 0.717) is 112 Å². The highest BCUT2D eigenvalue weighted by Gasteiger charge is 2.38. The van der Waals surface area contributed by atoms with Crippen LogP contribution in [0, 0.1) is 82.0 Å². The second-order valence-electron chi connectivity index (χ2n) is 36.1. The van der Waals surface area contributed by atoms with Gasteiger partial charge < -0.3 is 54.0 Å². The Kier molecular flexibility index (Phi) is 34.6. The molecule has 4 fully saturated rings. The van der Waals surface area contributed by atoms with Gasteiger partial charge in [0.05, 0.1) is 44.3 Å². The highest BCUT2D eigenvalue weighted by Crippen LogP contribution is 2.43. The van der Waals surface area contributed by atoms with Crippen molar-refractivity contribution in [3.05, 3.63) is 209 Å². The zero-order valence-corrected chi connectivity index (χ0v) is 82.0. The van der Waals surface area contributed by atoms with Crippen molar-refractivity contribution in [3.63, 3.8) is 0 Å². The van der Waals surface area contributed by atoms with Crippen LogP contribution in [0.15, 0.2) is 97.6 Å². The van der Waals surface area contributed by atoms with Crippen LogP contribution in [0.4, 0.5) is 124 Å². The van der Waals surface area contributed by atoms with E-state index in [9.17, 15) is 45.5 Å². The number of anilines is 16. The predicted molar refractivity (Wildman–Crippen MR) is 529 cm³/mol. The van der Waals surface area contributed by atoms with Crippen molar-refractivity contribution in [2.45, 2.75) is 190 Å². The molecule has 0 aliphatic carbocycles. The number of nitrogens with two attached hydrogens (primary N) is 2. The molecule has 0 saturated carbocycles. The van der Waals surface area contributed by atoms with Crippen molar-refractivity contribution in [1.82, 2.24) is 100 Å². The number of piperidine rings is 4. The van der Waals surface area contributed by atoms with Gasteiger partial charge in [-0.25, -0.2) is 24.3 Å². The third kappa shape index (κ3) is 28.5. The van der Waals surface area contributed by atoms with Gasteiger partial charge in [-0.15, -0.1) is 0 Å². The van der Waals surface area contributed by atoms with E-state index in [1.807, 2.05) is 86.6 Å². The third-order valence-corrected chi connectivity index (χ3v) is 25.6. The molecule has 0 bridgehead atoms. The molecule has 43 heteroatoms. The molecule has 12 aromatic rings. The summed E-state index contributed by atoms with van der Waals surface area (Å²) in [6.07, 6.45) is 4.19. The number of hydrogen-bond acceptors (Lipinski definition) is 28. The lowest BCUT2D eigenvalue weighted by atomic mass is 9.85. The summed E-state index contributed by atoms with van der Waals surface area (Å²) in [5.74, 6) is 3.46. The number of nitrogens with zero attached hydrogens (tertiary/aromatic N) is 16. The molecular weight excluding hydrogens is 1850 g/mol. The summed E-state index contributed by atoms with van der Waals surface area (Å²) in [5.41, 5.74) is 26.8. The molecule has 0 spiro atoms. The lowest BCUT2D eigenvalue weighted by Gasteiger charge is -2.33. The van der Waals surface area contributed by atoms with Crippen molar-refractivity contribution in [2.75, 3.05) is 121 Å². The molecule has 34 nitrogen and oxygen atoms in total. The molecule has 16 rings (SSSR count). The maximum absolute atomic E-state index is 15.1. The molecule has 2 amide bonds. The molecule has 8 aromatic heterocycles. The fourth-order valence-electron chi connectivity index (χ4n) is 17.7. The molecule has 1 atom stereocenters. The monoisotopic (exact) mass is 1970 g/mol. The largest absolute Gasteiger partial charge is 0.421 e. The second-order valence-corrected chi connectivity index (χ2v) is 36.9. The average Bonchev–Trinajstić information content (AvgIpc) is 1.59. The molecule has 4 aliphatic heterocycles. The Bertz CT molecular complexity index is 6360. The first kappa shape index (κ1) is 104. The molecule has 1 unspecified atom stereocenters. The fourth-order valence-corrected chi connectivity index (χ4v) is 18.0. The summed E-state index contributed by atoms with van der Waals surface area (Å²) in [6.45, 7) is 33.7. The van der Waals surface area contributed by atoms with Crippen LogP contribution in [0.2, 0.25) is 10.0 Å². The number of rotatable bonds is 30. The number of ketones is 2. The molecule has 0 radical (unpaired) electrons. The van der Waals surface area contributed by atoms with E-state index in [2.05, 4.69) is 181 Å². The van der Waals surface area contributed by atoms with Crippen LogP contribution in [-0.4, -0.2) is 202 Å². The second kappa shape index (κ2) is 46.6. The lowest BCUT2D eigenvalue weighted by molar-refractivity contribution is -0.138. The Balaban J connectivity index is 0.000000157. The number of halogens is 9. The molecular formula is C97H119Cl2F7N30O4. The number of benzene rings is 4. The Labute approximate surface area is 816 Å². The van der Waals surface area contributed by atoms with Gasteiger partial charge >= 0.3 is 12.4 Å². The van der Waals surface area contributed by atoms with Gasteiger partial charge in [0.2, 0.25) is 35.6 Å². The van der Waals surface area contributed by atoms with Crippen molar-refractivity contribution >= 4 is 140 Å². The van der Waals surface area contributed by atoms with Gasteiger partial charge in [0.25, 0.3) is 0 Å². The van der Waals surface area contributed by atoms with Crippen molar-refractivity contribution in [3.8, 4) is 0 Å². The zero-order chi connectivity index (χ0) is 101. The number of primary amides is 2. The number of alkyl halides is 6. The average molecular weight is 1970 g/mol. The smallest absolute Gasteiger partial charge is 0.369 e. The summed E-state index contributed by atoms with van der Waals surface area (Å²) < 4.78 is 96.4. The molecule has 4 aliphatic rings. The van der Waals surface area contributed by atoms with E-state index in [1.165, 1.54) is 28.5 Å². The van der Waals surface area contributed by atoms with Gasteiger partial charge in [0, 0.05) is 95.9 Å². The normalized spacial score (nSPS) is 15.4. The minimum Gasteiger partial charge on any atom is -0.369 e. The van der Waals surface area contributed by atoms with E-state index >= 15 is 4.39 Å². The highest BCUT2D eigenvalue weighted by atomic mass is 35.5. The molecule has 4 saturated heterocycles. The van der Waals surface area contributed by atoms with Crippen molar-refractivity contribution in [2.24, 2.45) is 11.5 Å². The van der Waals surface area contributed by atoms with Crippen LogP contribution >= 0.6 is 23.2 Å².